The summed E-state index contributed by atoms with van der Waals surface area (Å²) in [6, 6.07) is 0. The summed E-state index contributed by atoms with van der Waals surface area (Å²) >= 11 is 6.41. The molecule has 18 heavy (non-hydrogen) atoms. The SMILES string of the molecule is Cc1nc2ncnn2c(N2CCC(C)CC2)c1Cl. The highest BCUT2D eigenvalue weighted by Gasteiger charge is 2.22. The van der Waals surface area contributed by atoms with Crippen LogP contribution in [0.2, 0.25) is 5.02 Å². The van der Waals surface area contributed by atoms with E-state index in [-0.39, 0.29) is 0 Å². The second-order valence-electron chi connectivity index (χ2n) is 4.98. The predicted molar refractivity (Wildman–Crippen MR) is 71.1 cm³/mol. The van der Waals surface area contributed by atoms with E-state index in [4.69, 9.17) is 11.6 Å². The van der Waals surface area contributed by atoms with E-state index in [9.17, 15) is 0 Å². The number of hydrogen-bond acceptors (Lipinski definition) is 4. The Morgan fingerprint density at radius 2 is 2.06 bits per heavy atom. The Bertz CT molecular complexity index is 571. The molecule has 0 amide bonds. The molecule has 0 unspecified atom stereocenters. The standard InChI is InChI=1S/C12H16ClN5/c1-8-3-5-17(6-4-8)11-10(13)9(2)16-12-14-7-15-18(11)12/h7-8H,3-6H2,1-2H3. The summed E-state index contributed by atoms with van der Waals surface area (Å²) in [5.74, 6) is 2.34. The molecule has 6 heteroatoms. The van der Waals surface area contributed by atoms with E-state index in [0.717, 1.165) is 30.5 Å². The highest BCUT2D eigenvalue weighted by Crippen LogP contribution is 2.31. The fourth-order valence-electron chi connectivity index (χ4n) is 2.41. The molecule has 96 valence electrons. The normalized spacial score (nSPS) is 17.6. The van der Waals surface area contributed by atoms with Gasteiger partial charge in [0.15, 0.2) is 5.82 Å². The number of rotatable bonds is 1. The van der Waals surface area contributed by atoms with Crippen LogP contribution in [0.15, 0.2) is 6.33 Å². The van der Waals surface area contributed by atoms with E-state index in [2.05, 4.69) is 26.9 Å². The second kappa shape index (κ2) is 4.39. The molecule has 0 atom stereocenters. The predicted octanol–water partition coefficient (Wildman–Crippen LogP) is 2.32. The quantitative estimate of drug-likeness (QED) is 0.794. The summed E-state index contributed by atoms with van der Waals surface area (Å²) < 4.78 is 1.74. The van der Waals surface area contributed by atoms with Crippen LogP contribution in [0.5, 0.6) is 0 Å². The van der Waals surface area contributed by atoms with E-state index < -0.39 is 0 Å². The van der Waals surface area contributed by atoms with Crippen LogP contribution in [-0.4, -0.2) is 32.7 Å². The molecule has 0 aromatic carbocycles. The van der Waals surface area contributed by atoms with Gasteiger partial charge in [0.05, 0.1) is 5.69 Å². The molecule has 0 bridgehead atoms. The van der Waals surface area contributed by atoms with Crippen LogP contribution in [-0.2, 0) is 0 Å². The maximum absolute atomic E-state index is 6.41. The number of fused-ring (bicyclic) bond motifs is 1. The Labute approximate surface area is 111 Å². The van der Waals surface area contributed by atoms with E-state index in [1.807, 2.05) is 6.92 Å². The number of anilines is 1. The molecule has 0 saturated carbocycles. The molecule has 0 spiro atoms. The first-order chi connectivity index (χ1) is 8.66. The third kappa shape index (κ3) is 1.82. The molecule has 1 fully saturated rings. The highest BCUT2D eigenvalue weighted by atomic mass is 35.5. The van der Waals surface area contributed by atoms with Gasteiger partial charge in [0.2, 0.25) is 0 Å². The lowest BCUT2D eigenvalue weighted by Gasteiger charge is -2.32. The Morgan fingerprint density at radius 3 is 2.78 bits per heavy atom. The summed E-state index contributed by atoms with van der Waals surface area (Å²) in [6.45, 7) is 6.23. The summed E-state index contributed by atoms with van der Waals surface area (Å²) in [5.41, 5.74) is 0.811. The van der Waals surface area contributed by atoms with E-state index in [1.165, 1.54) is 19.2 Å². The Morgan fingerprint density at radius 1 is 1.33 bits per heavy atom. The molecule has 2 aromatic rings. The van der Waals surface area contributed by atoms with Gasteiger partial charge in [0, 0.05) is 13.1 Å². The van der Waals surface area contributed by atoms with Crippen molar-refractivity contribution in [3.63, 3.8) is 0 Å². The third-order valence-electron chi connectivity index (χ3n) is 3.60. The van der Waals surface area contributed by atoms with Gasteiger partial charge in [-0.2, -0.15) is 14.6 Å². The van der Waals surface area contributed by atoms with Crippen LogP contribution in [0.3, 0.4) is 0 Å². The molecule has 1 aliphatic rings. The van der Waals surface area contributed by atoms with E-state index in [0.29, 0.717) is 10.8 Å². The lowest BCUT2D eigenvalue weighted by atomic mass is 9.99. The molecule has 0 N–H and O–H groups in total. The molecule has 1 aliphatic heterocycles. The average molecular weight is 266 g/mol. The Hall–Kier alpha value is -1.36. The molecular weight excluding hydrogens is 250 g/mol. The van der Waals surface area contributed by atoms with Gasteiger partial charge in [-0.15, -0.1) is 0 Å². The van der Waals surface area contributed by atoms with Crippen molar-refractivity contribution < 1.29 is 0 Å². The minimum Gasteiger partial charge on any atom is -0.355 e. The minimum atomic E-state index is 0.616. The van der Waals surface area contributed by atoms with Gasteiger partial charge >= 0.3 is 0 Å². The summed E-state index contributed by atoms with van der Waals surface area (Å²) in [7, 11) is 0. The van der Waals surface area contributed by atoms with Crippen LogP contribution in [0.1, 0.15) is 25.5 Å². The molecule has 5 nitrogen and oxygen atoms in total. The number of halogens is 1. The lowest BCUT2D eigenvalue weighted by Crippen LogP contribution is -2.34. The number of nitrogens with zero attached hydrogens (tertiary/aromatic N) is 5. The van der Waals surface area contributed by atoms with Crippen molar-refractivity contribution in [1.29, 1.82) is 0 Å². The fourth-order valence-corrected chi connectivity index (χ4v) is 2.65. The van der Waals surface area contributed by atoms with Gasteiger partial charge in [0.25, 0.3) is 5.78 Å². The van der Waals surface area contributed by atoms with Crippen molar-refractivity contribution in [1.82, 2.24) is 19.6 Å². The van der Waals surface area contributed by atoms with Gasteiger partial charge in [-0.25, -0.2) is 4.98 Å². The van der Waals surface area contributed by atoms with Gasteiger partial charge in [-0.1, -0.05) is 18.5 Å². The van der Waals surface area contributed by atoms with Crippen LogP contribution in [0.4, 0.5) is 5.82 Å². The average Bonchev–Trinajstić information content (AvgIpc) is 2.80. The van der Waals surface area contributed by atoms with Crippen LogP contribution >= 0.6 is 11.6 Å². The molecule has 0 radical (unpaired) electrons. The van der Waals surface area contributed by atoms with E-state index >= 15 is 0 Å². The maximum atomic E-state index is 6.41. The molecule has 0 aliphatic carbocycles. The smallest absolute Gasteiger partial charge is 0.254 e. The van der Waals surface area contributed by atoms with Gasteiger partial charge in [-0.05, 0) is 25.7 Å². The van der Waals surface area contributed by atoms with Crippen molar-refractivity contribution >= 4 is 23.2 Å². The lowest BCUT2D eigenvalue weighted by molar-refractivity contribution is 0.435. The first-order valence-electron chi connectivity index (χ1n) is 6.27. The molecule has 1 saturated heterocycles. The largest absolute Gasteiger partial charge is 0.355 e. The maximum Gasteiger partial charge on any atom is 0.254 e. The summed E-state index contributed by atoms with van der Waals surface area (Å²) in [5, 5.41) is 4.91. The van der Waals surface area contributed by atoms with Crippen molar-refractivity contribution in [3.05, 3.63) is 17.0 Å². The van der Waals surface area contributed by atoms with Gasteiger partial charge < -0.3 is 4.90 Å². The third-order valence-corrected chi connectivity index (χ3v) is 4.04. The number of hydrogen-bond donors (Lipinski definition) is 0. The number of piperidine rings is 1. The summed E-state index contributed by atoms with van der Waals surface area (Å²) in [4.78, 5) is 10.8. The molecular formula is C12H16ClN5. The molecule has 3 heterocycles. The fraction of sp³-hybridized carbons (Fsp3) is 0.583. The zero-order chi connectivity index (χ0) is 12.7. The van der Waals surface area contributed by atoms with Crippen molar-refractivity contribution in [3.8, 4) is 0 Å². The van der Waals surface area contributed by atoms with Crippen molar-refractivity contribution in [2.45, 2.75) is 26.7 Å². The topological polar surface area (TPSA) is 46.3 Å². The zero-order valence-corrected chi connectivity index (χ0v) is 11.4. The monoisotopic (exact) mass is 265 g/mol. The van der Waals surface area contributed by atoms with Crippen LogP contribution in [0, 0.1) is 12.8 Å². The number of aromatic nitrogens is 4. The van der Waals surface area contributed by atoms with Crippen molar-refractivity contribution in [2.75, 3.05) is 18.0 Å². The van der Waals surface area contributed by atoms with Crippen LogP contribution < -0.4 is 4.90 Å². The minimum absolute atomic E-state index is 0.616. The summed E-state index contributed by atoms with van der Waals surface area (Å²) in [6.07, 6.45) is 3.90. The van der Waals surface area contributed by atoms with Gasteiger partial charge in [-0.3, -0.25) is 0 Å². The van der Waals surface area contributed by atoms with Crippen LogP contribution in [0.25, 0.3) is 5.78 Å². The number of aryl methyl sites for hydroxylation is 1. The molecule has 2 aromatic heterocycles. The van der Waals surface area contributed by atoms with Gasteiger partial charge in [0.1, 0.15) is 11.3 Å². The van der Waals surface area contributed by atoms with E-state index in [1.54, 1.807) is 4.52 Å². The first kappa shape index (κ1) is 11.7. The highest BCUT2D eigenvalue weighted by molar-refractivity contribution is 6.33. The Kier molecular flexibility index (Phi) is 2.86. The first-order valence-corrected chi connectivity index (χ1v) is 6.65. The van der Waals surface area contributed by atoms with Crippen molar-refractivity contribution in [2.24, 2.45) is 5.92 Å². The second-order valence-corrected chi connectivity index (χ2v) is 5.35. The zero-order valence-electron chi connectivity index (χ0n) is 10.6. The molecule has 3 rings (SSSR count). The Balaban J connectivity index is 2.09.